The highest BCUT2D eigenvalue weighted by Crippen LogP contribution is 2.28. The SMILES string of the molecule is CNc1nc2cc(-c3ccc4ncc(N5CCN(C)CC5)nc4c3)ccc2o1.NC1(C=O)CCC1. The molecule has 2 aromatic heterocycles. The molecule has 6 rings (SSSR count). The summed E-state index contributed by atoms with van der Waals surface area (Å²) in [6, 6.07) is 12.8. The number of oxazole rings is 1. The summed E-state index contributed by atoms with van der Waals surface area (Å²) in [5, 5.41) is 2.94. The fourth-order valence-corrected chi connectivity index (χ4v) is 4.29. The zero-order valence-corrected chi connectivity index (χ0v) is 20.2. The first-order valence-corrected chi connectivity index (χ1v) is 12.0. The number of hydrogen-bond donors (Lipinski definition) is 2. The Hall–Kier alpha value is -3.56. The molecule has 0 radical (unpaired) electrons. The summed E-state index contributed by atoms with van der Waals surface area (Å²) in [7, 11) is 3.95. The molecule has 2 aromatic carbocycles. The van der Waals surface area contributed by atoms with Gasteiger partial charge in [0, 0.05) is 33.2 Å². The van der Waals surface area contributed by atoms with E-state index in [0.29, 0.717) is 6.01 Å². The van der Waals surface area contributed by atoms with E-state index < -0.39 is 5.54 Å². The summed E-state index contributed by atoms with van der Waals surface area (Å²) in [5.74, 6) is 0.948. The molecule has 0 spiro atoms. The van der Waals surface area contributed by atoms with Crippen LogP contribution in [0.5, 0.6) is 0 Å². The molecule has 35 heavy (non-hydrogen) atoms. The predicted molar refractivity (Wildman–Crippen MR) is 139 cm³/mol. The van der Waals surface area contributed by atoms with Crippen molar-refractivity contribution >= 4 is 40.3 Å². The first kappa shape index (κ1) is 23.2. The van der Waals surface area contributed by atoms with Crippen molar-refractivity contribution in [2.45, 2.75) is 24.8 Å². The van der Waals surface area contributed by atoms with E-state index >= 15 is 0 Å². The molecule has 1 saturated carbocycles. The number of aromatic nitrogens is 3. The summed E-state index contributed by atoms with van der Waals surface area (Å²) >= 11 is 0. The molecule has 1 aliphatic heterocycles. The quantitative estimate of drug-likeness (QED) is 0.431. The maximum atomic E-state index is 9.98. The Kier molecular flexibility index (Phi) is 6.36. The van der Waals surface area contributed by atoms with Crippen LogP contribution in [0.1, 0.15) is 19.3 Å². The molecular formula is C26H31N7O2. The third-order valence-electron chi connectivity index (χ3n) is 6.81. The largest absolute Gasteiger partial charge is 0.424 e. The lowest BCUT2D eigenvalue weighted by Crippen LogP contribution is -2.47. The van der Waals surface area contributed by atoms with Gasteiger partial charge in [-0.05, 0) is 61.7 Å². The van der Waals surface area contributed by atoms with Crippen molar-refractivity contribution in [1.82, 2.24) is 19.9 Å². The number of rotatable bonds is 4. The molecule has 2 aliphatic rings. The zero-order chi connectivity index (χ0) is 24.4. The van der Waals surface area contributed by atoms with Gasteiger partial charge in [-0.3, -0.25) is 4.98 Å². The van der Waals surface area contributed by atoms with Crippen LogP contribution in [0.3, 0.4) is 0 Å². The number of benzene rings is 2. The minimum atomic E-state index is -0.417. The number of carbonyl (C=O) groups excluding carboxylic acids is 1. The van der Waals surface area contributed by atoms with Crippen LogP contribution < -0.4 is 16.0 Å². The van der Waals surface area contributed by atoms with Crippen molar-refractivity contribution in [3.8, 4) is 11.1 Å². The van der Waals surface area contributed by atoms with E-state index in [1.807, 2.05) is 30.5 Å². The minimum absolute atomic E-state index is 0.417. The van der Waals surface area contributed by atoms with Crippen LogP contribution in [-0.4, -0.2) is 72.0 Å². The summed E-state index contributed by atoms with van der Waals surface area (Å²) in [6.45, 7) is 4.05. The number of hydrogen-bond acceptors (Lipinski definition) is 9. The Labute approximate surface area is 204 Å². The number of piperazine rings is 1. The maximum Gasteiger partial charge on any atom is 0.295 e. The Morgan fingerprint density at radius 3 is 2.34 bits per heavy atom. The van der Waals surface area contributed by atoms with E-state index in [2.05, 4.69) is 44.3 Å². The second-order valence-electron chi connectivity index (χ2n) is 9.38. The number of aldehydes is 1. The maximum absolute atomic E-state index is 9.98. The first-order valence-electron chi connectivity index (χ1n) is 12.0. The lowest BCUT2D eigenvalue weighted by atomic mass is 9.79. The molecule has 4 aromatic rings. The van der Waals surface area contributed by atoms with Crippen LogP contribution in [0, 0.1) is 0 Å². The molecule has 0 bridgehead atoms. The van der Waals surface area contributed by atoms with E-state index in [0.717, 1.165) is 90.8 Å². The molecule has 2 fully saturated rings. The van der Waals surface area contributed by atoms with Crippen molar-refractivity contribution < 1.29 is 9.21 Å². The van der Waals surface area contributed by atoms with Crippen molar-refractivity contribution in [3.05, 3.63) is 42.6 Å². The standard InChI is InChI=1S/C21H22N6O.C5H9NO/c1-22-21-25-18-12-15(4-6-19(18)28-21)14-3-5-16-17(11-14)24-20(13-23-16)27-9-7-26(2)8-10-27;6-5(4-7)2-1-3-5/h3-6,11-13H,7-10H2,1-2H3,(H,22,25);4H,1-3,6H2. The third kappa shape index (κ3) is 4.96. The molecule has 3 heterocycles. The number of fused-ring (bicyclic) bond motifs is 2. The van der Waals surface area contributed by atoms with Crippen LogP contribution in [-0.2, 0) is 4.79 Å². The molecule has 0 amide bonds. The molecular weight excluding hydrogens is 442 g/mol. The normalized spacial score (nSPS) is 17.5. The molecule has 1 saturated heterocycles. The van der Waals surface area contributed by atoms with Gasteiger partial charge >= 0.3 is 0 Å². The summed E-state index contributed by atoms with van der Waals surface area (Å²) in [6.07, 6.45) is 5.63. The number of anilines is 2. The van der Waals surface area contributed by atoms with E-state index in [1.54, 1.807) is 7.05 Å². The third-order valence-corrected chi connectivity index (χ3v) is 6.81. The van der Waals surface area contributed by atoms with Crippen LogP contribution in [0.15, 0.2) is 47.0 Å². The zero-order valence-electron chi connectivity index (χ0n) is 20.2. The van der Waals surface area contributed by atoms with Gasteiger partial charge in [0.1, 0.15) is 17.6 Å². The number of nitrogens with zero attached hydrogens (tertiary/aromatic N) is 5. The van der Waals surface area contributed by atoms with E-state index in [4.69, 9.17) is 15.1 Å². The molecule has 3 N–H and O–H groups in total. The smallest absolute Gasteiger partial charge is 0.295 e. The van der Waals surface area contributed by atoms with Gasteiger partial charge in [-0.1, -0.05) is 12.1 Å². The van der Waals surface area contributed by atoms with Crippen LogP contribution in [0.2, 0.25) is 0 Å². The lowest BCUT2D eigenvalue weighted by Gasteiger charge is -2.33. The van der Waals surface area contributed by atoms with Crippen molar-refractivity contribution in [2.75, 3.05) is 50.5 Å². The van der Waals surface area contributed by atoms with Gasteiger partial charge in [0.15, 0.2) is 5.58 Å². The molecule has 1 aliphatic carbocycles. The monoisotopic (exact) mass is 473 g/mol. The number of nitrogens with two attached hydrogens (primary N) is 1. The Bertz CT molecular complexity index is 1340. The Morgan fingerprint density at radius 2 is 1.71 bits per heavy atom. The second kappa shape index (κ2) is 9.59. The van der Waals surface area contributed by atoms with E-state index in [1.165, 1.54) is 0 Å². The van der Waals surface area contributed by atoms with Gasteiger partial charge < -0.3 is 30.1 Å². The van der Waals surface area contributed by atoms with Gasteiger partial charge in [-0.15, -0.1) is 0 Å². The molecule has 9 heteroatoms. The first-order chi connectivity index (χ1) is 17.0. The van der Waals surface area contributed by atoms with Crippen LogP contribution in [0.4, 0.5) is 11.8 Å². The van der Waals surface area contributed by atoms with Gasteiger partial charge in [0.25, 0.3) is 6.01 Å². The highest BCUT2D eigenvalue weighted by atomic mass is 16.4. The predicted octanol–water partition coefficient (Wildman–Crippen LogP) is 3.30. The highest BCUT2D eigenvalue weighted by molar-refractivity contribution is 5.86. The summed E-state index contributed by atoms with van der Waals surface area (Å²) in [4.78, 5) is 28.6. The number of carbonyl (C=O) groups is 1. The molecule has 9 nitrogen and oxygen atoms in total. The number of nitrogens with one attached hydrogen (secondary N) is 1. The molecule has 182 valence electrons. The summed E-state index contributed by atoms with van der Waals surface area (Å²) in [5.41, 5.74) is 10.6. The van der Waals surface area contributed by atoms with Crippen LogP contribution >= 0.6 is 0 Å². The van der Waals surface area contributed by atoms with Crippen LogP contribution in [0.25, 0.3) is 33.3 Å². The lowest BCUT2D eigenvalue weighted by molar-refractivity contribution is -0.114. The van der Waals surface area contributed by atoms with Gasteiger partial charge in [0.2, 0.25) is 0 Å². The molecule has 0 unspecified atom stereocenters. The average Bonchev–Trinajstić information content (AvgIpc) is 3.30. The Balaban J connectivity index is 0.000000313. The number of likely N-dealkylation sites (N-methyl/N-ethyl adjacent to an activating group) is 1. The fourth-order valence-electron chi connectivity index (χ4n) is 4.29. The fraction of sp³-hybridized carbons (Fsp3) is 0.385. The second-order valence-corrected chi connectivity index (χ2v) is 9.38. The summed E-state index contributed by atoms with van der Waals surface area (Å²) < 4.78 is 5.62. The van der Waals surface area contributed by atoms with E-state index in [-0.39, 0.29) is 0 Å². The minimum Gasteiger partial charge on any atom is -0.424 e. The van der Waals surface area contributed by atoms with Gasteiger partial charge in [-0.2, -0.15) is 4.98 Å². The highest BCUT2D eigenvalue weighted by Gasteiger charge is 2.31. The average molecular weight is 474 g/mol. The van der Waals surface area contributed by atoms with Crippen molar-refractivity contribution in [2.24, 2.45) is 5.73 Å². The topological polar surface area (TPSA) is 113 Å². The van der Waals surface area contributed by atoms with E-state index in [9.17, 15) is 4.79 Å². The molecule has 0 atom stereocenters. The van der Waals surface area contributed by atoms with Gasteiger partial charge in [-0.25, -0.2) is 4.98 Å². The van der Waals surface area contributed by atoms with Crippen molar-refractivity contribution in [1.29, 1.82) is 0 Å². The van der Waals surface area contributed by atoms with Gasteiger partial charge in [0.05, 0.1) is 22.8 Å². The Morgan fingerprint density at radius 1 is 1.00 bits per heavy atom. The van der Waals surface area contributed by atoms with Crippen molar-refractivity contribution in [3.63, 3.8) is 0 Å².